The van der Waals surface area contributed by atoms with E-state index in [0.717, 1.165) is 11.3 Å². The number of carbonyl (C=O) groups excluding carboxylic acids is 3. The van der Waals surface area contributed by atoms with Crippen LogP contribution in [0, 0.1) is 0 Å². The Bertz CT molecular complexity index is 513. The standard InChI is InChI=1S/C15H20N2O3S/c1-12(18)5-6-14(19)16-7-3-8-17(10-9-16)15(20)13-4-2-11-21-13/h2,4,11H,3,5-10H2,1H3. The molecule has 1 aromatic heterocycles. The number of nitrogens with zero attached hydrogens (tertiary/aromatic N) is 2. The van der Waals surface area contributed by atoms with Crippen molar-refractivity contribution in [1.82, 2.24) is 9.80 Å². The molecule has 2 amide bonds. The van der Waals surface area contributed by atoms with Crippen LogP contribution in [0.1, 0.15) is 35.9 Å². The highest BCUT2D eigenvalue weighted by Crippen LogP contribution is 2.14. The molecule has 6 heteroatoms. The van der Waals surface area contributed by atoms with Gasteiger partial charge in [0.2, 0.25) is 5.91 Å². The second kappa shape index (κ2) is 7.36. The van der Waals surface area contributed by atoms with Gasteiger partial charge in [-0.15, -0.1) is 11.3 Å². The minimum atomic E-state index is 0.00984. The topological polar surface area (TPSA) is 57.7 Å². The Balaban J connectivity index is 1.88. The molecular formula is C15H20N2O3S. The average Bonchev–Trinajstić information content (AvgIpc) is 2.88. The van der Waals surface area contributed by atoms with Crippen LogP contribution in [0.5, 0.6) is 0 Å². The van der Waals surface area contributed by atoms with E-state index in [1.807, 2.05) is 22.4 Å². The summed E-state index contributed by atoms with van der Waals surface area (Å²) < 4.78 is 0. The van der Waals surface area contributed by atoms with Crippen molar-refractivity contribution in [2.75, 3.05) is 26.2 Å². The molecule has 1 aliphatic heterocycles. The first-order chi connectivity index (χ1) is 10.1. The quantitative estimate of drug-likeness (QED) is 0.852. The molecule has 0 spiro atoms. The minimum Gasteiger partial charge on any atom is -0.341 e. The second-order valence-corrected chi connectivity index (χ2v) is 6.15. The van der Waals surface area contributed by atoms with Gasteiger partial charge in [-0.25, -0.2) is 0 Å². The van der Waals surface area contributed by atoms with Crippen molar-refractivity contribution in [3.05, 3.63) is 22.4 Å². The first kappa shape index (κ1) is 15.7. The number of Topliss-reactive ketones (excluding diaryl/α,β-unsaturated/α-hetero) is 1. The molecule has 2 heterocycles. The summed E-state index contributed by atoms with van der Waals surface area (Å²) in [4.78, 5) is 39.6. The summed E-state index contributed by atoms with van der Waals surface area (Å²) in [5.41, 5.74) is 0. The molecule has 0 radical (unpaired) electrons. The van der Waals surface area contributed by atoms with Gasteiger partial charge in [-0.1, -0.05) is 6.07 Å². The normalized spacial score (nSPS) is 15.7. The first-order valence-electron chi connectivity index (χ1n) is 7.18. The highest BCUT2D eigenvalue weighted by molar-refractivity contribution is 7.12. The highest BCUT2D eigenvalue weighted by Gasteiger charge is 2.23. The van der Waals surface area contributed by atoms with Gasteiger partial charge in [0, 0.05) is 39.0 Å². The van der Waals surface area contributed by atoms with E-state index in [1.165, 1.54) is 18.3 Å². The van der Waals surface area contributed by atoms with E-state index < -0.39 is 0 Å². The largest absolute Gasteiger partial charge is 0.341 e. The Hall–Kier alpha value is -1.69. The summed E-state index contributed by atoms with van der Waals surface area (Å²) in [7, 11) is 0. The molecule has 21 heavy (non-hydrogen) atoms. The van der Waals surface area contributed by atoms with Crippen LogP contribution in [0.2, 0.25) is 0 Å². The Morgan fingerprint density at radius 1 is 1.10 bits per heavy atom. The summed E-state index contributed by atoms with van der Waals surface area (Å²) in [6.45, 7) is 3.94. The number of rotatable bonds is 4. The fraction of sp³-hybridized carbons (Fsp3) is 0.533. The van der Waals surface area contributed by atoms with Crippen LogP contribution in [0.15, 0.2) is 17.5 Å². The SMILES string of the molecule is CC(=O)CCC(=O)N1CCCN(C(=O)c2cccs2)CC1. The molecule has 0 N–H and O–H groups in total. The first-order valence-corrected chi connectivity index (χ1v) is 8.06. The van der Waals surface area contributed by atoms with Gasteiger partial charge in [-0.05, 0) is 24.8 Å². The third kappa shape index (κ3) is 4.39. The fourth-order valence-corrected chi connectivity index (χ4v) is 3.06. The molecular weight excluding hydrogens is 288 g/mol. The number of thiophene rings is 1. The van der Waals surface area contributed by atoms with E-state index in [9.17, 15) is 14.4 Å². The van der Waals surface area contributed by atoms with Gasteiger partial charge in [0.15, 0.2) is 0 Å². The summed E-state index contributed by atoms with van der Waals surface area (Å²) in [6, 6.07) is 3.70. The zero-order valence-corrected chi connectivity index (χ0v) is 13.0. The molecule has 1 aromatic rings. The van der Waals surface area contributed by atoms with E-state index in [1.54, 1.807) is 4.90 Å². The maximum atomic E-state index is 12.3. The van der Waals surface area contributed by atoms with Crippen molar-refractivity contribution in [3.63, 3.8) is 0 Å². The van der Waals surface area contributed by atoms with E-state index in [-0.39, 0.29) is 24.0 Å². The van der Waals surface area contributed by atoms with Crippen LogP contribution >= 0.6 is 11.3 Å². The third-order valence-electron chi connectivity index (χ3n) is 3.56. The molecule has 114 valence electrons. The molecule has 5 nitrogen and oxygen atoms in total. The van der Waals surface area contributed by atoms with Gasteiger partial charge < -0.3 is 14.6 Å². The van der Waals surface area contributed by atoms with Crippen LogP contribution in [0.25, 0.3) is 0 Å². The summed E-state index contributed by atoms with van der Waals surface area (Å²) >= 11 is 1.44. The lowest BCUT2D eigenvalue weighted by molar-refractivity contribution is -0.132. The van der Waals surface area contributed by atoms with Gasteiger partial charge in [-0.3, -0.25) is 9.59 Å². The molecule has 1 saturated heterocycles. The van der Waals surface area contributed by atoms with Crippen LogP contribution in [0.3, 0.4) is 0 Å². The van der Waals surface area contributed by atoms with E-state index in [0.29, 0.717) is 32.6 Å². The van der Waals surface area contributed by atoms with E-state index in [2.05, 4.69) is 0 Å². The van der Waals surface area contributed by atoms with Gasteiger partial charge in [-0.2, -0.15) is 0 Å². The van der Waals surface area contributed by atoms with Gasteiger partial charge in [0.1, 0.15) is 5.78 Å². The van der Waals surface area contributed by atoms with Gasteiger partial charge in [0.25, 0.3) is 5.91 Å². The third-order valence-corrected chi connectivity index (χ3v) is 4.42. The van der Waals surface area contributed by atoms with Gasteiger partial charge in [0.05, 0.1) is 4.88 Å². The molecule has 0 atom stereocenters. The van der Waals surface area contributed by atoms with Gasteiger partial charge >= 0.3 is 0 Å². The van der Waals surface area contributed by atoms with Crippen molar-refractivity contribution in [3.8, 4) is 0 Å². The zero-order chi connectivity index (χ0) is 15.2. The summed E-state index contributed by atoms with van der Waals surface area (Å²) in [6.07, 6.45) is 1.35. The molecule has 1 fully saturated rings. The molecule has 0 aromatic carbocycles. The zero-order valence-electron chi connectivity index (χ0n) is 12.2. The highest BCUT2D eigenvalue weighted by atomic mass is 32.1. The molecule has 1 aliphatic rings. The Kier molecular flexibility index (Phi) is 5.50. The fourth-order valence-electron chi connectivity index (χ4n) is 2.37. The maximum absolute atomic E-state index is 12.3. The number of ketones is 1. The van der Waals surface area contributed by atoms with Crippen molar-refractivity contribution in [2.45, 2.75) is 26.2 Å². The van der Waals surface area contributed by atoms with Crippen LogP contribution in [-0.2, 0) is 9.59 Å². The lowest BCUT2D eigenvalue weighted by Gasteiger charge is -2.21. The van der Waals surface area contributed by atoms with Crippen molar-refractivity contribution >= 4 is 28.9 Å². The molecule has 0 unspecified atom stereocenters. The Morgan fingerprint density at radius 2 is 1.81 bits per heavy atom. The Labute approximate surface area is 128 Å². The number of hydrogen-bond acceptors (Lipinski definition) is 4. The van der Waals surface area contributed by atoms with Crippen molar-refractivity contribution in [2.24, 2.45) is 0 Å². The number of amides is 2. The second-order valence-electron chi connectivity index (χ2n) is 5.21. The molecule has 2 rings (SSSR count). The lowest BCUT2D eigenvalue weighted by atomic mass is 10.2. The molecule has 0 saturated carbocycles. The van der Waals surface area contributed by atoms with E-state index >= 15 is 0 Å². The van der Waals surface area contributed by atoms with Crippen molar-refractivity contribution < 1.29 is 14.4 Å². The summed E-state index contributed by atoms with van der Waals surface area (Å²) in [5, 5.41) is 1.89. The monoisotopic (exact) mass is 308 g/mol. The Morgan fingerprint density at radius 3 is 2.48 bits per heavy atom. The molecule has 0 aliphatic carbocycles. The maximum Gasteiger partial charge on any atom is 0.263 e. The average molecular weight is 308 g/mol. The predicted molar refractivity (Wildman–Crippen MR) is 81.3 cm³/mol. The lowest BCUT2D eigenvalue weighted by Crippen LogP contribution is -2.37. The molecule has 0 bridgehead atoms. The van der Waals surface area contributed by atoms with Crippen molar-refractivity contribution in [1.29, 1.82) is 0 Å². The van der Waals surface area contributed by atoms with Crippen LogP contribution in [0.4, 0.5) is 0 Å². The summed E-state index contributed by atoms with van der Waals surface area (Å²) in [5.74, 6) is 0.0892. The minimum absolute atomic E-state index is 0.00984. The number of hydrogen-bond donors (Lipinski definition) is 0. The number of carbonyl (C=O) groups is 3. The smallest absolute Gasteiger partial charge is 0.263 e. The predicted octanol–water partition coefficient (Wildman–Crippen LogP) is 1.79. The van der Waals surface area contributed by atoms with Crippen LogP contribution < -0.4 is 0 Å². The van der Waals surface area contributed by atoms with Crippen LogP contribution in [-0.4, -0.2) is 53.6 Å². The van der Waals surface area contributed by atoms with E-state index in [4.69, 9.17) is 0 Å².